The van der Waals surface area contributed by atoms with Crippen LogP contribution in [0.15, 0.2) is 202 Å². The van der Waals surface area contributed by atoms with Crippen LogP contribution in [0.3, 0.4) is 0 Å². The Labute approximate surface area is 711 Å². The molecule has 3 aromatic heterocycles. The molecule has 1 aliphatic heterocycles. The molecular weight excluding hydrogens is 1760 g/mol. The second-order valence-electron chi connectivity index (χ2n) is 24.9. The number of nitrogens with one attached hydrogen (secondary N) is 2. The maximum absolute atomic E-state index is 15.2. The molecule has 0 aliphatic carbocycles. The number of allylic oxidation sites excluding steroid dienone is 1. The Morgan fingerprint density at radius 1 is 0.559 bits per heavy atom. The van der Waals surface area contributed by atoms with Crippen LogP contribution in [0.4, 0.5) is 17.6 Å². The van der Waals surface area contributed by atoms with Gasteiger partial charge in [-0.05, 0) is 133 Å². The molecule has 118 heavy (non-hydrogen) atoms. The van der Waals surface area contributed by atoms with Crippen LogP contribution in [0.5, 0.6) is 23.1 Å². The number of aliphatic carboxylic acids is 1. The number of rotatable bonds is 24. The molecule has 3 atom stereocenters. The van der Waals surface area contributed by atoms with Gasteiger partial charge in [0.05, 0.1) is 84.1 Å². The topological polar surface area (TPSA) is 336 Å². The zero-order valence-electron chi connectivity index (χ0n) is 64.3. The maximum Gasteiger partial charge on any atom is 0.492 e. The van der Waals surface area contributed by atoms with Crippen LogP contribution in [-0.2, 0) is 38.3 Å². The molecule has 618 valence electrons. The van der Waals surface area contributed by atoms with Gasteiger partial charge in [0.1, 0.15) is 51.5 Å². The van der Waals surface area contributed by atoms with Crippen molar-refractivity contribution in [2.24, 2.45) is 0 Å². The number of aromatic amines is 1. The summed E-state index contributed by atoms with van der Waals surface area (Å²) in [6, 6.07) is 38.4. The number of hydrogen-bond donors (Lipinski definition) is 6. The van der Waals surface area contributed by atoms with Crippen molar-refractivity contribution in [3.8, 4) is 45.4 Å². The van der Waals surface area contributed by atoms with Crippen molar-refractivity contribution in [1.29, 1.82) is 0 Å². The number of ether oxygens (including phenoxy) is 6. The van der Waals surface area contributed by atoms with Crippen LogP contribution in [0.2, 0.25) is 20.1 Å². The number of carboxylic acid groups (broad SMARTS) is 2. The summed E-state index contributed by atoms with van der Waals surface area (Å²) in [7, 11) is 6.97. The summed E-state index contributed by atoms with van der Waals surface area (Å²) in [5, 5.41) is 38.2. The Bertz CT molecular complexity index is 5520. The fraction of sp³-hybridized carbons (Fsp3) is 0.190. The molecule has 7 aromatic carbocycles. The smallest absolute Gasteiger partial charge is 0.492 e. The fourth-order valence-corrected chi connectivity index (χ4v) is 13.0. The summed E-state index contributed by atoms with van der Waals surface area (Å²) in [4.78, 5) is 113. The largest absolute Gasteiger partial charge is 0.495 e. The number of nitrogens with zero attached hydrogens (tertiary/aromatic N) is 2. The number of Topliss-reactive ketones (excluding diaryl/α,β-unsaturated/α-hetero) is 5. The molecule has 11 rings (SSSR count). The van der Waals surface area contributed by atoms with E-state index in [2.05, 4.69) is 47.1 Å². The molecule has 4 heterocycles. The average molecular weight is 1830 g/mol. The standard InChI is InChI=1S/C31H25ClFNO6.C15H15ClFNO3.C14H11ClFNO3.C9H9BrO2.C8H5BrClFO.C7H10BNO4/c1-18(35)22-12-13-24(32)30(33)29(22)23-16-28(37)34(17-27(23)40-2)25(14-19-6-4-3-5-7-19)26(36)15-20-8-10-21(11-9-20)31(38)39;1-8(19)9-4-5-11(16)15(17)14(9)10-6-13(21-3)18-7-12(10)20-2;1-7(18)8-3-4-10(15)14(16)13(8)9-5-12(19)17-6-11(9)20-2;10-8(9(11)12)6-7-4-2-1-3-5-7;1-4(12)5-2-3-6(10)8(11)7(5)9;1-12-6-4-9-7(13-2)3-5(6)8(10)11/h3-13,16-17,25H,14-15H2,1-2H3,(H,38,39);4-7,13,18H,1-3H3;3-6H,1-2H3,(H,17,19);1-5,8H,6H2,(H,11,12);2-3H,1H3;3-4,10-11H,1-2H3/t;;;8-;;/m...1../s1. The van der Waals surface area contributed by atoms with Gasteiger partial charge in [-0.25, -0.2) is 27.3 Å². The van der Waals surface area contributed by atoms with Gasteiger partial charge in [0.15, 0.2) is 34.7 Å². The summed E-state index contributed by atoms with van der Waals surface area (Å²) in [6.45, 7) is 5.33. The van der Waals surface area contributed by atoms with E-state index in [-0.39, 0.29) is 128 Å². The van der Waals surface area contributed by atoms with Crippen LogP contribution in [0.25, 0.3) is 27.8 Å². The number of carbonyl (C=O) groups is 7. The monoisotopic (exact) mass is 1830 g/mol. The highest BCUT2D eigenvalue weighted by atomic mass is 79.9. The molecule has 1 aliphatic rings. The van der Waals surface area contributed by atoms with Gasteiger partial charge in [-0.2, -0.15) is 0 Å². The molecule has 0 saturated carbocycles. The van der Waals surface area contributed by atoms with E-state index in [0.29, 0.717) is 40.5 Å². The number of aromatic carboxylic acids is 1. The minimum Gasteiger partial charge on any atom is -0.495 e. The number of carbonyl (C=O) groups excluding carboxylic acids is 5. The highest BCUT2D eigenvalue weighted by molar-refractivity contribution is 9.10. The fourth-order valence-electron chi connectivity index (χ4n) is 11.2. The lowest BCUT2D eigenvalue weighted by atomic mass is 9.80. The van der Waals surface area contributed by atoms with Crippen LogP contribution in [-0.4, -0.2) is 136 Å². The number of H-pyrrole nitrogens is 1. The number of ketones is 5. The minimum atomic E-state index is -1.59. The highest BCUT2D eigenvalue weighted by Gasteiger charge is 2.30. The lowest BCUT2D eigenvalue weighted by Gasteiger charge is -2.23. The predicted octanol–water partition coefficient (Wildman–Crippen LogP) is 16.3. The van der Waals surface area contributed by atoms with Gasteiger partial charge in [-0.3, -0.25) is 38.4 Å². The van der Waals surface area contributed by atoms with Crippen LogP contribution in [0.1, 0.15) is 108 Å². The van der Waals surface area contributed by atoms with Crippen LogP contribution < -0.4 is 40.8 Å². The number of carboxylic acids is 2. The summed E-state index contributed by atoms with van der Waals surface area (Å²) in [5.74, 6) is -4.97. The Morgan fingerprint density at radius 3 is 1.47 bits per heavy atom. The van der Waals surface area contributed by atoms with Gasteiger partial charge in [0, 0.05) is 112 Å². The number of pyridine rings is 3. The number of aromatic nitrogens is 3. The first kappa shape index (κ1) is 95.8. The molecular formula is C84H75BBr2Cl4F4N4O19. The van der Waals surface area contributed by atoms with Gasteiger partial charge in [0.2, 0.25) is 11.4 Å². The first-order valence-electron chi connectivity index (χ1n) is 34.7. The molecule has 2 unspecified atom stereocenters. The number of benzene rings is 7. The molecule has 0 fully saturated rings. The molecule has 10 aromatic rings. The third kappa shape index (κ3) is 25.7. The number of dihydropyridines is 1. The van der Waals surface area contributed by atoms with Gasteiger partial charge in [0.25, 0.3) is 5.56 Å². The van der Waals surface area contributed by atoms with Crippen molar-refractivity contribution < 1.29 is 99.8 Å². The minimum absolute atomic E-state index is 0.00637. The molecule has 0 spiro atoms. The van der Waals surface area contributed by atoms with E-state index in [1.807, 2.05) is 60.7 Å². The summed E-state index contributed by atoms with van der Waals surface area (Å²) < 4.78 is 89.1. The lowest BCUT2D eigenvalue weighted by Crippen LogP contribution is -2.32. The van der Waals surface area contributed by atoms with Gasteiger partial charge >= 0.3 is 19.1 Å². The summed E-state index contributed by atoms with van der Waals surface area (Å²) >= 11 is 29.1. The maximum atomic E-state index is 15.2. The van der Waals surface area contributed by atoms with Crippen molar-refractivity contribution in [2.45, 2.75) is 64.1 Å². The first-order chi connectivity index (χ1) is 56.0. The molecule has 0 amide bonds. The Morgan fingerprint density at radius 2 is 1.03 bits per heavy atom. The predicted molar refractivity (Wildman–Crippen MR) is 448 cm³/mol. The van der Waals surface area contributed by atoms with Crippen molar-refractivity contribution in [2.75, 3.05) is 42.7 Å². The second kappa shape index (κ2) is 45.6. The SMILES string of the molecule is CC(=O)c1ccc(Cl)c(F)c1Br.COC1=CNC(OC)C=C1c1c(C(C)=O)ccc(Cl)c1F.COc1c[nH]c(=O)cc1-c1c(C(C)=O)ccc(Cl)c1F.COc1cc(B(O)O)c(OC)cn1.COc1cn(C(Cc2ccccc2)C(=O)Cc2ccc(C(=O)O)cc2)c(=O)cc1-c1c(C(C)=O)ccc(Cl)c1F.O=C(O)[C@H](Br)Cc1ccccc1. The Kier molecular flexibility index (Phi) is 37.0. The molecule has 0 radical (unpaired) electrons. The van der Waals surface area contributed by atoms with E-state index in [0.717, 1.165) is 17.2 Å². The lowest BCUT2D eigenvalue weighted by molar-refractivity contribution is -0.136. The zero-order valence-corrected chi connectivity index (χ0v) is 70.5. The highest BCUT2D eigenvalue weighted by Crippen LogP contribution is 2.40. The Hall–Kier alpha value is -11.1. The third-order valence-corrected chi connectivity index (χ3v) is 19.8. The third-order valence-electron chi connectivity index (χ3n) is 17.1. The molecule has 0 saturated heterocycles. The number of methoxy groups -OCH3 is 6. The number of alkyl halides is 1. The van der Waals surface area contributed by atoms with E-state index in [9.17, 15) is 56.3 Å². The van der Waals surface area contributed by atoms with E-state index in [4.69, 9.17) is 95.1 Å². The second-order valence-corrected chi connectivity index (χ2v) is 28.4. The van der Waals surface area contributed by atoms with Crippen molar-refractivity contribution in [3.63, 3.8) is 0 Å². The average Bonchev–Trinajstić information content (AvgIpc) is 0.778. The van der Waals surface area contributed by atoms with E-state index in [1.165, 1.54) is 166 Å². The zero-order chi connectivity index (χ0) is 87.5. The molecule has 34 heteroatoms. The molecule has 6 N–H and O–H groups in total. The van der Waals surface area contributed by atoms with Crippen molar-refractivity contribution in [3.05, 3.63) is 307 Å². The number of halogens is 10. The normalized spacial score (nSPS) is 12.2. The van der Waals surface area contributed by atoms with Gasteiger partial charge < -0.3 is 63.6 Å². The van der Waals surface area contributed by atoms with Crippen LogP contribution >= 0.6 is 78.3 Å². The van der Waals surface area contributed by atoms with Crippen molar-refractivity contribution in [1.82, 2.24) is 19.9 Å². The van der Waals surface area contributed by atoms with E-state index in [1.54, 1.807) is 24.4 Å². The summed E-state index contributed by atoms with van der Waals surface area (Å²) in [6.07, 6.45) is 7.41. The Balaban J connectivity index is 0.000000236. The molecule has 23 nitrogen and oxygen atoms in total. The van der Waals surface area contributed by atoms with Crippen LogP contribution in [0, 0.1) is 23.3 Å². The quantitative estimate of drug-likeness (QED) is 0.0108. The summed E-state index contributed by atoms with van der Waals surface area (Å²) in [5.41, 5.74) is 2.95. The van der Waals surface area contributed by atoms with E-state index < -0.39 is 76.3 Å². The van der Waals surface area contributed by atoms with Gasteiger partial charge in [-0.1, -0.05) is 135 Å². The molecule has 0 bridgehead atoms. The van der Waals surface area contributed by atoms with Crippen molar-refractivity contribution >= 4 is 137 Å². The van der Waals surface area contributed by atoms with E-state index >= 15 is 4.39 Å². The number of hydrogen-bond acceptors (Lipinski definition) is 19. The first-order valence-corrected chi connectivity index (χ1v) is 37.9. The van der Waals surface area contributed by atoms with Gasteiger partial charge in [-0.15, -0.1) is 0 Å².